The summed E-state index contributed by atoms with van der Waals surface area (Å²) in [5.74, 6) is 0.229. The average molecular weight is 300 g/mol. The van der Waals surface area contributed by atoms with E-state index in [4.69, 9.17) is 0 Å². The number of nitrogens with zero attached hydrogens (tertiary/aromatic N) is 3. The molecule has 1 atom stereocenters. The van der Waals surface area contributed by atoms with Crippen LogP contribution >= 0.6 is 0 Å². The lowest BCUT2D eigenvalue weighted by Gasteiger charge is -2.33. The molecule has 0 aliphatic carbocycles. The fourth-order valence-electron chi connectivity index (χ4n) is 2.53. The zero-order chi connectivity index (χ0) is 14.6. The van der Waals surface area contributed by atoms with E-state index in [1.165, 1.54) is 0 Å². The van der Waals surface area contributed by atoms with Crippen LogP contribution in [0.4, 0.5) is 5.69 Å². The molecule has 0 spiro atoms. The van der Waals surface area contributed by atoms with Crippen molar-refractivity contribution in [1.82, 2.24) is 14.5 Å². The highest BCUT2D eigenvalue weighted by Crippen LogP contribution is 2.19. The molecule has 1 aromatic heterocycles. The van der Waals surface area contributed by atoms with E-state index in [1.807, 2.05) is 26.4 Å². The van der Waals surface area contributed by atoms with Gasteiger partial charge in [0.15, 0.2) is 0 Å². The third-order valence-corrected chi connectivity index (χ3v) is 5.11. The summed E-state index contributed by atoms with van der Waals surface area (Å²) in [6.07, 6.45) is 7.31. The Hall–Kier alpha value is -1.08. The lowest BCUT2D eigenvalue weighted by Crippen LogP contribution is -2.48. The second kappa shape index (κ2) is 6.58. The Labute approximate surface area is 121 Å². The van der Waals surface area contributed by atoms with E-state index in [-0.39, 0.29) is 11.8 Å². The summed E-state index contributed by atoms with van der Waals surface area (Å²) in [4.78, 5) is 2.20. The number of piperidine rings is 1. The number of sulfonamides is 1. The highest BCUT2D eigenvalue weighted by molar-refractivity contribution is 7.89. The van der Waals surface area contributed by atoms with Gasteiger partial charge in [-0.05, 0) is 19.3 Å². The molecule has 1 saturated heterocycles. The summed E-state index contributed by atoms with van der Waals surface area (Å²) in [5, 5.41) is 4.17. The number of rotatable bonds is 6. The van der Waals surface area contributed by atoms with E-state index in [2.05, 4.69) is 14.7 Å². The topological polar surface area (TPSA) is 67.2 Å². The minimum atomic E-state index is -3.14. The van der Waals surface area contributed by atoms with Gasteiger partial charge in [-0.15, -0.1) is 0 Å². The van der Waals surface area contributed by atoms with Gasteiger partial charge in [-0.25, -0.2) is 13.1 Å². The summed E-state index contributed by atoms with van der Waals surface area (Å²) in [5.41, 5.74) is 1.06. The summed E-state index contributed by atoms with van der Waals surface area (Å²) in [7, 11) is -1.25. The maximum Gasteiger partial charge on any atom is 0.211 e. The minimum absolute atomic E-state index is 0.00538. The van der Waals surface area contributed by atoms with E-state index >= 15 is 0 Å². The quantitative estimate of drug-likeness (QED) is 0.854. The minimum Gasteiger partial charge on any atom is -0.367 e. The van der Waals surface area contributed by atoms with Gasteiger partial charge in [0, 0.05) is 32.4 Å². The summed E-state index contributed by atoms with van der Waals surface area (Å²) in [6.45, 7) is 3.68. The third kappa shape index (κ3) is 4.21. The predicted octanol–water partition coefficient (Wildman–Crippen LogP) is 1.11. The fourth-order valence-corrected chi connectivity index (χ4v) is 4.01. The molecule has 1 aromatic rings. The lowest BCUT2D eigenvalue weighted by molar-refractivity contribution is 0.465. The number of hydrogen-bond donors (Lipinski definition) is 1. The first-order valence-corrected chi connectivity index (χ1v) is 8.89. The van der Waals surface area contributed by atoms with Crippen molar-refractivity contribution in [2.45, 2.75) is 38.6 Å². The summed E-state index contributed by atoms with van der Waals surface area (Å²) < 4.78 is 28.5. The van der Waals surface area contributed by atoms with Crippen molar-refractivity contribution < 1.29 is 8.42 Å². The van der Waals surface area contributed by atoms with Crippen LogP contribution in [0.2, 0.25) is 0 Å². The molecule has 2 rings (SSSR count). The SMILES string of the molecule is CCCCS(=O)(=O)N[C@@H]1CCCN(c2cnn(C)c2)C1. The molecule has 0 unspecified atom stereocenters. The van der Waals surface area contributed by atoms with Gasteiger partial charge in [0.25, 0.3) is 0 Å². The Balaban J connectivity index is 1.93. The number of hydrogen-bond acceptors (Lipinski definition) is 4. The number of unbranched alkanes of at least 4 members (excludes halogenated alkanes) is 1. The molecule has 114 valence electrons. The van der Waals surface area contributed by atoms with Gasteiger partial charge in [0.1, 0.15) is 0 Å². The van der Waals surface area contributed by atoms with Gasteiger partial charge in [-0.1, -0.05) is 13.3 Å². The average Bonchev–Trinajstić information content (AvgIpc) is 2.83. The summed E-state index contributed by atoms with van der Waals surface area (Å²) in [6, 6.07) is 0.00538. The van der Waals surface area contributed by atoms with Gasteiger partial charge in [-0.2, -0.15) is 5.10 Å². The van der Waals surface area contributed by atoms with Gasteiger partial charge in [0.2, 0.25) is 10.0 Å². The zero-order valence-corrected chi connectivity index (χ0v) is 13.1. The van der Waals surface area contributed by atoms with Crippen molar-refractivity contribution in [2.75, 3.05) is 23.7 Å². The van der Waals surface area contributed by atoms with Crippen molar-refractivity contribution >= 4 is 15.7 Å². The molecule has 0 bridgehead atoms. The highest BCUT2D eigenvalue weighted by Gasteiger charge is 2.24. The Morgan fingerprint density at radius 2 is 2.30 bits per heavy atom. The van der Waals surface area contributed by atoms with E-state index < -0.39 is 10.0 Å². The van der Waals surface area contributed by atoms with Crippen molar-refractivity contribution in [2.24, 2.45) is 7.05 Å². The largest absolute Gasteiger partial charge is 0.367 e. The van der Waals surface area contributed by atoms with Crippen LogP contribution in [0.15, 0.2) is 12.4 Å². The Morgan fingerprint density at radius 3 is 2.95 bits per heavy atom. The number of aromatic nitrogens is 2. The van der Waals surface area contributed by atoms with E-state index in [0.29, 0.717) is 6.42 Å². The van der Waals surface area contributed by atoms with Crippen LogP contribution in [0.25, 0.3) is 0 Å². The van der Waals surface area contributed by atoms with Gasteiger partial charge in [-0.3, -0.25) is 4.68 Å². The van der Waals surface area contributed by atoms with Crippen LogP contribution in [-0.4, -0.2) is 43.1 Å². The van der Waals surface area contributed by atoms with Crippen molar-refractivity contribution in [3.8, 4) is 0 Å². The van der Waals surface area contributed by atoms with E-state index in [9.17, 15) is 8.42 Å². The molecule has 6 nitrogen and oxygen atoms in total. The van der Waals surface area contributed by atoms with Crippen LogP contribution in [0, 0.1) is 0 Å². The molecule has 1 fully saturated rings. The molecule has 7 heteroatoms. The molecule has 1 N–H and O–H groups in total. The first-order valence-electron chi connectivity index (χ1n) is 7.24. The zero-order valence-electron chi connectivity index (χ0n) is 12.2. The van der Waals surface area contributed by atoms with Gasteiger partial charge < -0.3 is 4.90 Å². The first-order chi connectivity index (χ1) is 9.50. The van der Waals surface area contributed by atoms with Crippen LogP contribution in [0.3, 0.4) is 0 Å². The molecule has 0 amide bonds. The second-order valence-corrected chi connectivity index (χ2v) is 7.32. The highest BCUT2D eigenvalue weighted by atomic mass is 32.2. The number of anilines is 1. The molecule has 0 aromatic carbocycles. The molecule has 0 saturated carbocycles. The lowest BCUT2D eigenvalue weighted by atomic mass is 10.1. The van der Waals surface area contributed by atoms with E-state index in [1.54, 1.807) is 4.68 Å². The van der Waals surface area contributed by atoms with Crippen LogP contribution in [0.5, 0.6) is 0 Å². The monoisotopic (exact) mass is 300 g/mol. The number of aryl methyl sites for hydroxylation is 1. The maximum absolute atomic E-state index is 12.0. The van der Waals surface area contributed by atoms with Crippen molar-refractivity contribution in [1.29, 1.82) is 0 Å². The Morgan fingerprint density at radius 1 is 1.50 bits per heavy atom. The second-order valence-electron chi connectivity index (χ2n) is 5.45. The molecule has 20 heavy (non-hydrogen) atoms. The molecule has 0 radical (unpaired) electrons. The van der Waals surface area contributed by atoms with Crippen molar-refractivity contribution in [3.63, 3.8) is 0 Å². The van der Waals surface area contributed by atoms with Crippen LogP contribution < -0.4 is 9.62 Å². The normalized spacial score (nSPS) is 20.3. The third-order valence-electron chi connectivity index (χ3n) is 3.59. The van der Waals surface area contributed by atoms with Crippen LogP contribution in [0.1, 0.15) is 32.6 Å². The van der Waals surface area contributed by atoms with Gasteiger partial charge >= 0.3 is 0 Å². The maximum atomic E-state index is 12.0. The molecule has 1 aliphatic rings. The smallest absolute Gasteiger partial charge is 0.211 e. The van der Waals surface area contributed by atoms with Gasteiger partial charge in [0.05, 0.1) is 17.6 Å². The van der Waals surface area contributed by atoms with E-state index in [0.717, 1.165) is 38.0 Å². The molecular weight excluding hydrogens is 276 g/mol. The molecule has 2 heterocycles. The standard InChI is InChI=1S/C13H24N4O2S/c1-3-4-8-20(18,19)15-12-6-5-7-17(10-12)13-9-14-16(2)11-13/h9,11-12,15H,3-8,10H2,1-2H3/t12-/m1/s1. The Kier molecular flexibility index (Phi) is 5.04. The summed E-state index contributed by atoms with van der Waals surface area (Å²) >= 11 is 0. The Bertz CT molecular complexity index is 526. The fraction of sp³-hybridized carbons (Fsp3) is 0.769. The first kappa shape index (κ1) is 15.3. The van der Waals surface area contributed by atoms with Crippen molar-refractivity contribution in [3.05, 3.63) is 12.4 Å². The molecule has 1 aliphatic heterocycles. The predicted molar refractivity (Wildman–Crippen MR) is 80.3 cm³/mol. The molecular formula is C13H24N4O2S. The van der Waals surface area contributed by atoms with Crippen LogP contribution in [-0.2, 0) is 17.1 Å². The number of nitrogens with one attached hydrogen (secondary N) is 1.